The van der Waals surface area contributed by atoms with Crippen LogP contribution in [0.1, 0.15) is 48.5 Å². The summed E-state index contributed by atoms with van der Waals surface area (Å²) in [6, 6.07) is 0. The van der Waals surface area contributed by atoms with Crippen LogP contribution in [0, 0.1) is 0 Å². The van der Waals surface area contributed by atoms with Crippen LogP contribution in [0.3, 0.4) is 0 Å². The van der Waals surface area contributed by atoms with E-state index in [0.29, 0.717) is 23.2 Å². The van der Waals surface area contributed by atoms with Gasteiger partial charge in [0, 0.05) is 7.11 Å². The van der Waals surface area contributed by atoms with E-state index in [2.05, 4.69) is 41.5 Å². The molecule has 0 aromatic carbocycles. The Morgan fingerprint density at radius 3 is 1.80 bits per heavy atom. The maximum Gasteiger partial charge on any atom is 0.200 e. The number of hydrogen-bond acceptors (Lipinski definition) is 3. The van der Waals surface area contributed by atoms with Gasteiger partial charge in [-0.1, -0.05) is 47.6 Å². The molecule has 0 radical (unpaired) electrons. The van der Waals surface area contributed by atoms with E-state index in [9.17, 15) is 0 Å². The Morgan fingerprint density at radius 2 is 1.50 bits per heavy atom. The molecule has 1 N–H and O–H groups in total. The van der Waals surface area contributed by atoms with Crippen molar-refractivity contribution in [1.29, 1.82) is 0 Å². The van der Waals surface area contributed by atoms with E-state index in [4.69, 9.17) is 14.3 Å². The fourth-order valence-electron chi connectivity index (χ4n) is 3.28. The predicted octanol–water partition coefficient (Wildman–Crippen LogP) is 4.13. The van der Waals surface area contributed by atoms with Gasteiger partial charge in [-0.25, -0.2) is 0 Å². The summed E-state index contributed by atoms with van der Waals surface area (Å²) in [5.41, 5.74) is 2.64. The van der Waals surface area contributed by atoms with Crippen LogP contribution in [0.2, 0.25) is 16.6 Å². The van der Waals surface area contributed by atoms with Gasteiger partial charge in [-0.2, -0.15) is 0 Å². The molecule has 20 heavy (non-hydrogen) atoms. The van der Waals surface area contributed by atoms with Crippen LogP contribution in [0.25, 0.3) is 0 Å². The fourth-order valence-corrected chi connectivity index (χ4v) is 8.73. The summed E-state index contributed by atoms with van der Waals surface area (Å²) in [7, 11) is -0.147. The van der Waals surface area contributed by atoms with Gasteiger partial charge in [0.1, 0.15) is 0 Å². The second-order valence-electron chi connectivity index (χ2n) is 6.57. The molecule has 0 bridgehead atoms. The van der Waals surface area contributed by atoms with Gasteiger partial charge in [0.2, 0.25) is 0 Å². The molecule has 0 aliphatic rings. The first-order valence-electron chi connectivity index (χ1n) is 7.67. The predicted molar refractivity (Wildman–Crippen MR) is 88.6 cm³/mol. The number of aliphatic hydroxyl groups excluding tert-OH is 1. The molecule has 0 aromatic heterocycles. The third kappa shape index (κ3) is 4.99. The zero-order chi connectivity index (χ0) is 15.9. The van der Waals surface area contributed by atoms with E-state index in [1.807, 2.05) is 13.0 Å². The molecule has 0 unspecified atom stereocenters. The van der Waals surface area contributed by atoms with Gasteiger partial charge >= 0.3 is 0 Å². The first-order chi connectivity index (χ1) is 9.22. The first kappa shape index (κ1) is 19.8. The van der Waals surface area contributed by atoms with E-state index in [1.165, 1.54) is 0 Å². The third-order valence-electron chi connectivity index (χ3n) is 4.23. The molecule has 0 aliphatic heterocycles. The lowest BCUT2D eigenvalue weighted by Gasteiger charge is -2.42. The van der Waals surface area contributed by atoms with Gasteiger partial charge in [0.25, 0.3) is 0 Å². The molecule has 0 amide bonds. The Labute approximate surface area is 126 Å². The summed E-state index contributed by atoms with van der Waals surface area (Å²) < 4.78 is 12.0. The minimum absolute atomic E-state index is 0.0704. The van der Waals surface area contributed by atoms with Crippen LogP contribution in [-0.4, -0.2) is 39.9 Å². The van der Waals surface area contributed by atoms with Crippen LogP contribution in [0.15, 0.2) is 11.6 Å². The van der Waals surface area contributed by atoms with Crippen molar-refractivity contribution in [2.24, 2.45) is 0 Å². The Morgan fingerprint density at radius 1 is 1.05 bits per heavy atom. The van der Waals surface area contributed by atoms with Crippen molar-refractivity contribution < 1.29 is 14.3 Å². The summed E-state index contributed by atoms with van der Waals surface area (Å²) in [5.74, 6) is 0. The van der Waals surface area contributed by atoms with Crippen molar-refractivity contribution in [2.45, 2.75) is 71.2 Å². The maximum absolute atomic E-state index is 9.12. The molecular weight excluding hydrogens is 268 g/mol. The Balaban J connectivity index is 5.01. The van der Waals surface area contributed by atoms with Crippen molar-refractivity contribution in [3.05, 3.63) is 11.6 Å². The molecule has 120 valence electrons. The van der Waals surface area contributed by atoms with E-state index < -0.39 is 8.32 Å². The lowest BCUT2D eigenvalue weighted by atomic mass is 10.2. The van der Waals surface area contributed by atoms with Crippen molar-refractivity contribution in [3.63, 3.8) is 0 Å². The molecule has 0 saturated heterocycles. The van der Waals surface area contributed by atoms with Gasteiger partial charge in [0.15, 0.2) is 8.32 Å². The minimum atomic E-state index is -1.84. The molecule has 1 atom stereocenters. The van der Waals surface area contributed by atoms with Crippen molar-refractivity contribution in [2.75, 3.05) is 20.3 Å². The molecule has 0 spiro atoms. The highest BCUT2D eigenvalue weighted by Gasteiger charge is 2.45. The topological polar surface area (TPSA) is 38.7 Å². The van der Waals surface area contributed by atoms with Crippen molar-refractivity contribution >= 4 is 8.32 Å². The van der Waals surface area contributed by atoms with Crippen molar-refractivity contribution in [1.82, 2.24) is 0 Å². The minimum Gasteiger partial charge on any atom is -0.413 e. The molecule has 0 aromatic rings. The fraction of sp³-hybridized carbons (Fsp3) is 0.875. The number of hydrogen-bond donors (Lipinski definition) is 1. The van der Waals surface area contributed by atoms with Crippen LogP contribution < -0.4 is 0 Å². The van der Waals surface area contributed by atoms with Gasteiger partial charge in [0.05, 0.1) is 19.3 Å². The van der Waals surface area contributed by atoms with E-state index in [-0.39, 0.29) is 12.7 Å². The maximum atomic E-state index is 9.12. The van der Waals surface area contributed by atoms with E-state index >= 15 is 0 Å². The quantitative estimate of drug-likeness (QED) is 0.514. The van der Waals surface area contributed by atoms with E-state index in [1.54, 1.807) is 7.11 Å². The molecular formula is C16H34O3Si. The molecule has 0 fully saturated rings. The van der Waals surface area contributed by atoms with Crippen LogP contribution in [0.5, 0.6) is 0 Å². The summed E-state index contributed by atoms with van der Waals surface area (Å²) >= 11 is 0. The summed E-state index contributed by atoms with van der Waals surface area (Å²) in [4.78, 5) is 0. The Kier molecular flexibility index (Phi) is 8.90. The first-order valence-corrected chi connectivity index (χ1v) is 9.81. The average Bonchev–Trinajstić information content (AvgIpc) is 2.36. The molecule has 0 aliphatic carbocycles. The highest BCUT2D eigenvalue weighted by Crippen LogP contribution is 2.42. The average molecular weight is 303 g/mol. The number of methoxy groups -OCH3 is 1. The molecule has 0 heterocycles. The number of ether oxygens (including phenoxy) is 1. The molecule has 4 heteroatoms. The zero-order valence-electron chi connectivity index (χ0n) is 14.6. The van der Waals surface area contributed by atoms with Gasteiger partial charge in [-0.15, -0.1) is 0 Å². The summed E-state index contributed by atoms with van der Waals surface area (Å²) in [6.07, 6.45) is 1.88. The SMILES string of the molecule is CO[C@@H](/C=C(\C)CO)CO[Si](C(C)C)(C(C)C)C(C)C. The van der Waals surface area contributed by atoms with Crippen LogP contribution in [0.4, 0.5) is 0 Å². The Bertz CT molecular complexity index is 276. The third-order valence-corrected chi connectivity index (χ3v) is 10.3. The second kappa shape index (κ2) is 8.98. The highest BCUT2D eigenvalue weighted by molar-refractivity contribution is 6.77. The van der Waals surface area contributed by atoms with Gasteiger partial charge < -0.3 is 14.3 Å². The van der Waals surface area contributed by atoms with Gasteiger partial charge in [-0.05, 0) is 29.1 Å². The van der Waals surface area contributed by atoms with Crippen molar-refractivity contribution in [3.8, 4) is 0 Å². The molecule has 3 nitrogen and oxygen atoms in total. The number of rotatable bonds is 9. The smallest absolute Gasteiger partial charge is 0.200 e. The lowest BCUT2D eigenvalue weighted by molar-refractivity contribution is 0.0829. The lowest BCUT2D eigenvalue weighted by Crippen LogP contribution is -2.49. The highest BCUT2D eigenvalue weighted by atomic mass is 28.4. The summed E-state index contributed by atoms with van der Waals surface area (Å²) in [5, 5.41) is 9.12. The van der Waals surface area contributed by atoms with E-state index in [0.717, 1.165) is 5.57 Å². The molecule has 0 saturated carbocycles. The van der Waals surface area contributed by atoms with Crippen LogP contribution >= 0.6 is 0 Å². The number of aliphatic hydroxyl groups is 1. The molecule has 0 rings (SSSR count). The zero-order valence-corrected chi connectivity index (χ0v) is 15.6. The Hall–Kier alpha value is -0.163. The second-order valence-corrected chi connectivity index (χ2v) is 12.0. The normalized spacial score (nSPS) is 15.5. The monoisotopic (exact) mass is 302 g/mol. The standard InChI is InChI=1S/C16H34O3Si/c1-12(2)20(13(3)4,14(5)6)19-11-16(18-8)9-15(7)10-17/h9,12-14,16-17H,10-11H2,1-8H3/b15-9+/t16-/m0/s1. The van der Waals surface area contributed by atoms with Crippen LogP contribution in [-0.2, 0) is 9.16 Å². The van der Waals surface area contributed by atoms with Gasteiger partial charge in [-0.3, -0.25) is 0 Å². The largest absolute Gasteiger partial charge is 0.413 e. The summed E-state index contributed by atoms with van der Waals surface area (Å²) in [6.45, 7) is 16.2.